The van der Waals surface area contributed by atoms with Gasteiger partial charge in [0, 0.05) is 0 Å². The zero-order valence-electron chi connectivity index (χ0n) is 4.80. The Morgan fingerprint density at radius 2 is 1.70 bits per heavy atom. The molecule has 0 bridgehead atoms. The van der Waals surface area contributed by atoms with Crippen LogP contribution >= 0.6 is 34.8 Å². The molecule has 3 atom stereocenters. The van der Waals surface area contributed by atoms with Crippen molar-refractivity contribution in [3.8, 4) is 0 Å². The van der Waals surface area contributed by atoms with Crippen molar-refractivity contribution in [3.63, 3.8) is 0 Å². The second kappa shape index (κ2) is 2.70. The van der Waals surface area contributed by atoms with Crippen LogP contribution in [0.4, 0.5) is 0 Å². The molecule has 1 fully saturated rings. The average Bonchev–Trinajstić information content (AvgIpc) is 1.95. The molecule has 1 aliphatic heterocycles. The Balaban J connectivity index is 2.93. The van der Waals surface area contributed by atoms with Gasteiger partial charge in [0.15, 0.2) is 14.5 Å². The molecule has 0 spiro atoms. The Morgan fingerprint density at radius 3 is 1.80 bits per heavy atom. The smallest absolute Gasteiger partial charge is 0.170 e. The highest BCUT2D eigenvalue weighted by Gasteiger charge is 2.44. The molecular weight excluding hydrogens is 218 g/mol. The van der Waals surface area contributed by atoms with Crippen molar-refractivity contribution >= 4 is 44.6 Å². The van der Waals surface area contributed by atoms with Crippen LogP contribution in [0.3, 0.4) is 0 Å². The molecule has 2 nitrogen and oxygen atoms in total. The second-order valence-corrected chi connectivity index (χ2v) is 6.10. The maximum atomic E-state index is 10.9. The summed E-state index contributed by atoms with van der Waals surface area (Å²) in [6, 6.07) is 0. The number of alkyl halides is 3. The lowest BCUT2D eigenvalue weighted by Gasteiger charge is -2.03. The maximum Gasteiger partial charge on any atom is 0.170 e. The first-order valence-electron chi connectivity index (χ1n) is 2.59. The topological polar surface area (TPSA) is 34.1 Å². The zero-order valence-corrected chi connectivity index (χ0v) is 7.88. The van der Waals surface area contributed by atoms with Crippen molar-refractivity contribution < 1.29 is 8.42 Å². The van der Waals surface area contributed by atoms with Crippen LogP contribution in [0.1, 0.15) is 0 Å². The molecule has 1 aliphatic rings. The molecule has 0 saturated carbocycles. The fraction of sp³-hybridized carbons (Fsp3) is 1.00. The zero-order chi connectivity index (χ0) is 7.94. The van der Waals surface area contributed by atoms with Crippen molar-refractivity contribution in [2.24, 2.45) is 0 Å². The second-order valence-electron chi connectivity index (χ2n) is 2.14. The summed E-state index contributed by atoms with van der Waals surface area (Å²) in [4.78, 5) is 0. The predicted octanol–water partition coefficient (Wildman–Crippen LogP) is 1.19. The van der Waals surface area contributed by atoms with E-state index in [1.165, 1.54) is 0 Å². The van der Waals surface area contributed by atoms with Gasteiger partial charge in [-0.2, -0.15) is 0 Å². The van der Waals surface area contributed by atoms with E-state index < -0.39 is 25.3 Å². The monoisotopic (exact) mass is 222 g/mol. The van der Waals surface area contributed by atoms with Crippen molar-refractivity contribution in [1.82, 2.24) is 0 Å². The summed E-state index contributed by atoms with van der Waals surface area (Å²) in [6.07, 6.45) is 0. The van der Waals surface area contributed by atoms with E-state index in [1.807, 2.05) is 0 Å². The summed E-state index contributed by atoms with van der Waals surface area (Å²) < 4.78 is 20.7. The van der Waals surface area contributed by atoms with Crippen LogP contribution < -0.4 is 0 Å². The summed E-state index contributed by atoms with van der Waals surface area (Å²) in [5.41, 5.74) is 0. The van der Waals surface area contributed by atoms with E-state index in [0.717, 1.165) is 0 Å². The van der Waals surface area contributed by atoms with E-state index in [0.29, 0.717) is 0 Å². The average molecular weight is 224 g/mol. The fourth-order valence-corrected chi connectivity index (χ4v) is 4.08. The van der Waals surface area contributed by atoms with Gasteiger partial charge in [0.1, 0.15) is 0 Å². The summed E-state index contributed by atoms with van der Waals surface area (Å²) in [6.45, 7) is 0. The van der Waals surface area contributed by atoms with Gasteiger partial charge in [0.25, 0.3) is 0 Å². The highest BCUT2D eigenvalue weighted by Crippen LogP contribution is 2.31. The Morgan fingerprint density at radius 1 is 1.20 bits per heavy atom. The van der Waals surface area contributed by atoms with Gasteiger partial charge in [-0.25, -0.2) is 8.42 Å². The molecule has 0 radical (unpaired) electrons. The van der Waals surface area contributed by atoms with Crippen molar-refractivity contribution in [2.45, 2.75) is 15.5 Å². The first-order valence-corrected chi connectivity index (χ1v) is 5.61. The van der Waals surface area contributed by atoms with E-state index >= 15 is 0 Å². The number of hydrogen-bond acceptors (Lipinski definition) is 2. The van der Waals surface area contributed by atoms with Gasteiger partial charge in [0.05, 0.1) is 16.5 Å². The van der Waals surface area contributed by atoms with Crippen molar-refractivity contribution in [2.75, 3.05) is 5.75 Å². The Hall–Kier alpha value is 0.820. The third-order valence-electron chi connectivity index (χ3n) is 1.33. The maximum absolute atomic E-state index is 10.9. The van der Waals surface area contributed by atoms with Crippen LogP contribution in [0, 0.1) is 0 Å². The Kier molecular flexibility index (Phi) is 2.41. The molecule has 1 heterocycles. The molecule has 0 N–H and O–H groups in total. The van der Waals surface area contributed by atoms with E-state index in [1.54, 1.807) is 0 Å². The van der Waals surface area contributed by atoms with Crippen LogP contribution in [-0.4, -0.2) is 29.6 Å². The van der Waals surface area contributed by atoms with Crippen LogP contribution in [0.25, 0.3) is 0 Å². The largest absolute Gasteiger partial charge is 0.227 e. The van der Waals surface area contributed by atoms with Gasteiger partial charge < -0.3 is 0 Å². The quantitative estimate of drug-likeness (QED) is 0.578. The summed E-state index contributed by atoms with van der Waals surface area (Å²) in [7, 11) is -3.22. The van der Waals surface area contributed by atoms with Gasteiger partial charge in [-0.1, -0.05) is 0 Å². The normalized spacial score (nSPS) is 45.7. The van der Waals surface area contributed by atoms with Crippen LogP contribution in [0.15, 0.2) is 0 Å². The molecule has 1 saturated heterocycles. The summed E-state index contributed by atoms with van der Waals surface area (Å²) in [5, 5.41) is -1.21. The minimum absolute atomic E-state index is 0.114. The van der Waals surface area contributed by atoms with E-state index in [2.05, 4.69) is 0 Å². The Bertz CT molecular complexity index is 225. The molecule has 0 aromatic heterocycles. The van der Waals surface area contributed by atoms with Crippen molar-refractivity contribution in [1.29, 1.82) is 0 Å². The lowest BCUT2D eigenvalue weighted by molar-refractivity contribution is 0.600. The summed E-state index contributed by atoms with van der Waals surface area (Å²) in [5.74, 6) is -0.114. The first-order chi connectivity index (χ1) is 4.45. The number of sulfone groups is 1. The van der Waals surface area contributed by atoms with Gasteiger partial charge in [0.2, 0.25) is 0 Å². The van der Waals surface area contributed by atoms with Crippen LogP contribution in [0.2, 0.25) is 0 Å². The van der Waals surface area contributed by atoms with Crippen LogP contribution in [-0.2, 0) is 9.84 Å². The van der Waals surface area contributed by atoms with Gasteiger partial charge in [-0.3, -0.25) is 0 Å². The molecule has 60 valence electrons. The molecule has 1 rings (SSSR count). The minimum Gasteiger partial charge on any atom is -0.227 e. The lowest BCUT2D eigenvalue weighted by Crippen LogP contribution is -2.17. The predicted molar refractivity (Wildman–Crippen MR) is 42.7 cm³/mol. The number of halogens is 3. The number of hydrogen-bond donors (Lipinski definition) is 0. The third kappa shape index (κ3) is 1.37. The third-order valence-corrected chi connectivity index (χ3v) is 5.79. The highest BCUT2D eigenvalue weighted by atomic mass is 35.5. The minimum atomic E-state index is -3.22. The number of rotatable bonds is 0. The molecule has 0 aromatic rings. The highest BCUT2D eigenvalue weighted by molar-refractivity contribution is 7.93. The van der Waals surface area contributed by atoms with Crippen LogP contribution in [0.5, 0.6) is 0 Å². The van der Waals surface area contributed by atoms with E-state index in [4.69, 9.17) is 34.8 Å². The SMILES string of the molecule is O=S1(=O)CC(Cl)C(Cl)C1Cl. The molecule has 0 amide bonds. The standard InChI is InChI=1S/C4H5Cl3O2S/c5-2-1-10(8,9)4(7)3(2)6/h2-4H,1H2. The van der Waals surface area contributed by atoms with Crippen molar-refractivity contribution in [3.05, 3.63) is 0 Å². The molecule has 3 unspecified atom stereocenters. The Labute approximate surface area is 74.4 Å². The molecule has 10 heavy (non-hydrogen) atoms. The fourth-order valence-electron chi connectivity index (χ4n) is 0.768. The lowest BCUT2D eigenvalue weighted by atomic mass is 10.4. The molecular formula is C4H5Cl3O2S. The van der Waals surface area contributed by atoms with Gasteiger partial charge >= 0.3 is 0 Å². The first kappa shape index (κ1) is 8.91. The molecule has 0 aliphatic carbocycles. The molecule has 6 heteroatoms. The van der Waals surface area contributed by atoms with E-state index in [-0.39, 0.29) is 5.75 Å². The van der Waals surface area contributed by atoms with E-state index in [9.17, 15) is 8.42 Å². The summed E-state index contributed by atoms with van der Waals surface area (Å²) >= 11 is 16.5. The van der Waals surface area contributed by atoms with Gasteiger partial charge in [-0.15, -0.1) is 34.8 Å². The van der Waals surface area contributed by atoms with Gasteiger partial charge in [-0.05, 0) is 0 Å². The molecule has 0 aromatic carbocycles.